The molecule has 0 saturated carbocycles. The molecular weight excluding hydrogens is 302 g/mol. The summed E-state index contributed by atoms with van der Waals surface area (Å²) < 4.78 is 7.20. The van der Waals surface area contributed by atoms with Crippen LogP contribution < -0.4 is 0 Å². The first-order valence-electron chi connectivity index (χ1n) is 6.98. The molecule has 6 nitrogen and oxygen atoms in total. The van der Waals surface area contributed by atoms with Crippen LogP contribution in [0.2, 0.25) is 0 Å². The number of hydrogen-bond acceptors (Lipinski definition) is 5. The van der Waals surface area contributed by atoms with E-state index in [1.165, 1.54) is 5.56 Å². The zero-order valence-corrected chi connectivity index (χ0v) is 12.8. The topological polar surface area (TPSA) is 60.0 Å². The summed E-state index contributed by atoms with van der Waals surface area (Å²) in [4.78, 5) is 11.0. The fourth-order valence-corrected chi connectivity index (χ4v) is 2.92. The van der Waals surface area contributed by atoms with Crippen LogP contribution in [0.3, 0.4) is 0 Å². The third-order valence-corrected chi connectivity index (χ3v) is 4.00. The molecular formula is C15H14ClN5O. The predicted octanol–water partition coefficient (Wildman–Crippen LogP) is 2.61. The Morgan fingerprint density at radius 1 is 1.27 bits per heavy atom. The van der Waals surface area contributed by atoms with Crippen LogP contribution in [-0.4, -0.2) is 31.6 Å². The molecule has 1 aliphatic heterocycles. The highest BCUT2D eigenvalue weighted by Gasteiger charge is 2.23. The highest BCUT2D eigenvalue weighted by molar-refractivity contribution is 6.16. The number of para-hydroxylation sites is 1. The van der Waals surface area contributed by atoms with Gasteiger partial charge in [0.2, 0.25) is 11.7 Å². The maximum absolute atomic E-state index is 5.73. The molecule has 0 unspecified atom stereocenters. The number of nitrogens with zero attached hydrogens (tertiary/aromatic N) is 5. The average molecular weight is 316 g/mol. The van der Waals surface area contributed by atoms with Gasteiger partial charge in [-0.2, -0.15) is 4.98 Å². The van der Waals surface area contributed by atoms with Gasteiger partial charge in [-0.1, -0.05) is 23.4 Å². The average Bonchev–Trinajstić information content (AvgIpc) is 3.11. The summed E-state index contributed by atoms with van der Waals surface area (Å²) >= 11 is 5.73. The summed E-state index contributed by atoms with van der Waals surface area (Å²) in [6.45, 7) is 1.64. The van der Waals surface area contributed by atoms with Crippen LogP contribution in [0.1, 0.15) is 17.1 Å². The first-order valence-corrected chi connectivity index (χ1v) is 7.51. The molecule has 1 aliphatic rings. The van der Waals surface area contributed by atoms with Crippen molar-refractivity contribution in [2.24, 2.45) is 0 Å². The Balaban J connectivity index is 1.88. The molecule has 0 bridgehead atoms. The fourth-order valence-electron chi connectivity index (χ4n) is 2.81. The van der Waals surface area contributed by atoms with E-state index in [1.54, 1.807) is 0 Å². The summed E-state index contributed by atoms with van der Waals surface area (Å²) in [7, 11) is 2.09. The number of benzene rings is 1. The van der Waals surface area contributed by atoms with E-state index < -0.39 is 0 Å². The van der Waals surface area contributed by atoms with Crippen molar-refractivity contribution in [2.75, 3.05) is 7.05 Å². The Bertz CT molecular complexity index is 825. The molecule has 0 fully saturated rings. The van der Waals surface area contributed by atoms with E-state index in [9.17, 15) is 0 Å². The molecule has 3 heterocycles. The molecule has 0 saturated heterocycles. The minimum atomic E-state index is 0.200. The molecule has 22 heavy (non-hydrogen) atoms. The van der Waals surface area contributed by atoms with E-state index in [-0.39, 0.29) is 5.88 Å². The zero-order valence-electron chi connectivity index (χ0n) is 12.0. The minimum absolute atomic E-state index is 0.200. The maximum Gasteiger partial charge on any atom is 0.241 e. The molecule has 4 rings (SSSR count). The number of alkyl halides is 1. The summed E-state index contributed by atoms with van der Waals surface area (Å²) in [5, 5.41) is 3.98. The number of halogens is 1. The Kier molecular flexibility index (Phi) is 3.20. The van der Waals surface area contributed by atoms with Crippen LogP contribution in [0, 0.1) is 0 Å². The monoisotopic (exact) mass is 315 g/mol. The summed E-state index contributed by atoms with van der Waals surface area (Å²) in [6, 6.07) is 8.33. The summed E-state index contributed by atoms with van der Waals surface area (Å²) in [5.41, 5.74) is 4.20. The van der Waals surface area contributed by atoms with Gasteiger partial charge in [-0.25, -0.2) is 4.98 Å². The first kappa shape index (κ1) is 13.5. The molecule has 0 spiro atoms. The van der Waals surface area contributed by atoms with Gasteiger partial charge in [0.1, 0.15) is 17.9 Å². The molecule has 7 heteroatoms. The molecule has 0 radical (unpaired) electrons. The molecule has 1 aromatic carbocycles. The highest BCUT2D eigenvalue weighted by atomic mass is 35.5. The van der Waals surface area contributed by atoms with Crippen molar-refractivity contribution in [3.63, 3.8) is 0 Å². The van der Waals surface area contributed by atoms with Gasteiger partial charge in [0.15, 0.2) is 0 Å². The van der Waals surface area contributed by atoms with Crippen molar-refractivity contribution in [3.8, 4) is 17.2 Å². The number of hydrogen-bond donors (Lipinski definition) is 0. The van der Waals surface area contributed by atoms with Crippen LogP contribution in [0.5, 0.6) is 0 Å². The van der Waals surface area contributed by atoms with Gasteiger partial charge in [-0.05, 0) is 18.7 Å². The van der Waals surface area contributed by atoms with Crippen LogP contribution in [0.4, 0.5) is 0 Å². The SMILES string of the molecule is CN1Cc2ccccc2-n2cnc(-c3noc(CCl)n3)c2C1. The van der Waals surface area contributed by atoms with Crippen LogP contribution in [0.15, 0.2) is 35.1 Å². The normalized spacial score (nSPS) is 14.5. The van der Waals surface area contributed by atoms with Gasteiger partial charge in [-0.15, -0.1) is 11.6 Å². The predicted molar refractivity (Wildman–Crippen MR) is 81.6 cm³/mol. The van der Waals surface area contributed by atoms with E-state index in [0.29, 0.717) is 11.7 Å². The van der Waals surface area contributed by atoms with Crippen molar-refractivity contribution in [3.05, 3.63) is 47.7 Å². The van der Waals surface area contributed by atoms with E-state index in [2.05, 4.69) is 49.8 Å². The largest absolute Gasteiger partial charge is 0.338 e. The second kappa shape index (κ2) is 5.23. The van der Waals surface area contributed by atoms with Gasteiger partial charge in [0.05, 0.1) is 11.4 Å². The Morgan fingerprint density at radius 3 is 2.95 bits per heavy atom. The summed E-state index contributed by atoms with van der Waals surface area (Å²) in [6.07, 6.45) is 1.82. The molecule has 2 aromatic heterocycles. The lowest BCUT2D eigenvalue weighted by molar-refractivity contribution is 0.320. The second-order valence-electron chi connectivity index (χ2n) is 5.36. The van der Waals surface area contributed by atoms with Crippen molar-refractivity contribution < 1.29 is 4.52 Å². The Hall–Kier alpha value is -2.18. The maximum atomic E-state index is 5.73. The van der Waals surface area contributed by atoms with Gasteiger partial charge in [-0.3, -0.25) is 4.90 Å². The molecule has 0 aliphatic carbocycles. The van der Waals surface area contributed by atoms with Crippen LogP contribution >= 0.6 is 11.6 Å². The lowest BCUT2D eigenvalue weighted by atomic mass is 10.2. The van der Waals surface area contributed by atoms with Crippen LogP contribution in [-0.2, 0) is 19.0 Å². The minimum Gasteiger partial charge on any atom is -0.338 e. The lowest BCUT2D eigenvalue weighted by Gasteiger charge is -2.13. The fraction of sp³-hybridized carbons (Fsp3) is 0.267. The molecule has 3 aromatic rings. The van der Waals surface area contributed by atoms with Crippen molar-refractivity contribution in [1.82, 2.24) is 24.6 Å². The number of aromatic nitrogens is 4. The lowest BCUT2D eigenvalue weighted by Crippen LogP contribution is -2.16. The number of fused-ring (bicyclic) bond motifs is 3. The van der Waals surface area contributed by atoms with Crippen molar-refractivity contribution in [1.29, 1.82) is 0 Å². The van der Waals surface area contributed by atoms with Gasteiger partial charge < -0.3 is 9.09 Å². The molecule has 0 atom stereocenters. The standard InChI is InChI=1S/C15H14ClN5O/c1-20-7-10-4-2-3-5-11(10)21-9-17-14(12(21)8-20)15-18-13(6-16)22-19-15/h2-5,9H,6-8H2,1H3. The van der Waals surface area contributed by atoms with Crippen LogP contribution in [0.25, 0.3) is 17.2 Å². The molecule has 0 amide bonds. The highest BCUT2D eigenvalue weighted by Crippen LogP contribution is 2.29. The van der Waals surface area contributed by atoms with Crippen molar-refractivity contribution >= 4 is 11.6 Å². The quantitative estimate of drug-likeness (QED) is 0.680. The smallest absolute Gasteiger partial charge is 0.241 e. The summed E-state index contributed by atoms with van der Waals surface area (Å²) in [5.74, 6) is 1.09. The van der Waals surface area contributed by atoms with E-state index in [0.717, 1.165) is 30.2 Å². The van der Waals surface area contributed by atoms with E-state index in [1.807, 2.05) is 12.4 Å². The third-order valence-electron chi connectivity index (χ3n) is 3.77. The van der Waals surface area contributed by atoms with Gasteiger partial charge in [0, 0.05) is 13.1 Å². The van der Waals surface area contributed by atoms with Gasteiger partial charge >= 0.3 is 0 Å². The second-order valence-corrected chi connectivity index (χ2v) is 5.62. The number of rotatable bonds is 2. The van der Waals surface area contributed by atoms with E-state index in [4.69, 9.17) is 16.1 Å². The molecule has 0 N–H and O–H groups in total. The Morgan fingerprint density at radius 2 is 2.14 bits per heavy atom. The molecule has 112 valence electrons. The third kappa shape index (κ3) is 2.12. The first-order chi connectivity index (χ1) is 10.8. The van der Waals surface area contributed by atoms with E-state index >= 15 is 0 Å². The van der Waals surface area contributed by atoms with Crippen molar-refractivity contribution in [2.45, 2.75) is 19.0 Å². The Labute approximate surface area is 132 Å². The number of imidazole rings is 1. The zero-order chi connectivity index (χ0) is 15.1. The van der Waals surface area contributed by atoms with Gasteiger partial charge in [0.25, 0.3) is 0 Å².